The number of hydrogen-bond acceptors (Lipinski definition) is 7. The second kappa shape index (κ2) is 6.69. The number of fused-ring (bicyclic) bond motifs is 1. The molecule has 0 fully saturated rings. The molecule has 8 heteroatoms. The molecule has 1 aromatic carbocycles. The van der Waals surface area contributed by atoms with E-state index in [-0.39, 0.29) is 11.7 Å². The molecule has 2 aromatic rings. The molecule has 1 N–H and O–H groups in total. The molecule has 0 atom stereocenters. The second-order valence-corrected chi connectivity index (χ2v) is 5.44. The number of amides is 1. The predicted octanol–water partition coefficient (Wildman–Crippen LogP) is 2.13. The molecule has 0 unspecified atom stereocenters. The van der Waals surface area contributed by atoms with Crippen LogP contribution < -0.4 is 14.8 Å². The van der Waals surface area contributed by atoms with Crippen molar-refractivity contribution in [2.45, 2.75) is 18.6 Å². The summed E-state index contributed by atoms with van der Waals surface area (Å²) in [4.78, 5) is 11.9. The van der Waals surface area contributed by atoms with E-state index in [1.165, 1.54) is 11.8 Å². The maximum atomic E-state index is 11.9. The van der Waals surface area contributed by atoms with Crippen LogP contribution in [-0.4, -0.2) is 35.1 Å². The van der Waals surface area contributed by atoms with Crippen molar-refractivity contribution in [2.24, 2.45) is 0 Å². The van der Waals surface area contributed by atoms with Gasteiger partial charge in [0.1, 0.15) is 13.2 Å². The lowest BCUT2D eigenvalue weighted by atomic mass is 10.2. The van der Waals surface area contributed by atoms with Crippen LogP contribution >= 0.6 is 11.8 Å². The third-order valence-electron chi connectivity index (χ3n) is 2.90. The van der Waals surface area contributed by atoms with Crippen LogP contribution in [0, 0.1) is 0 Å². The van der Waals surface area contributed by atoms with Gasteiger partial charge in [0.05, 0.1) is 5.75 Å². The highest BCUT2D eigenvalue weighted by molar-refractivity contribution is 7.99. The summed E-state index contributed by atoms with van der Waals surface area (Å²) < 4.78 is 16.2. The molecule has 0 saturated heterocycles. The van der Waals surface area contributed by atoms with Crippen LogP contribution in [0.5, 0.6) is 11.5 Å². The van der Waals surface area contributed by atoms with Crippen LogP contribution in [0.15, 0.2) is 27.8 Å². The van der Waals surface area contributed by atoms with Gasteiger partial charge in [-0.1, -0.05) is 18.7 Å². The molecular formula is C14H15N3O4S. The number of nitrogens with one attached hydrogen (secondary N) is 1. The number of hydrogen-bond donors (Lipinski definition) is 1. The van der Waals surface area contributed by atoms with Gasteiger partial charge in [-0.3, -0.25) is 4.79 Å². The summed E-state index contributed by atoms with van der Waals surface area (Å²) in [5.41, 5.74) is 0.662. The van der Waals surface area contributed by atoms with Gasteiger partial charge in [-0.15, -0.1) is 10.2 Å². The van der Waals surface area contributed by atoms with E-state index in [1.54, 1.807) is 18.2 Å². The zero-order valence-corrected chi connectivity index (χ0v) is 12.8. The van der Waals surface area contributed by atoms with E-state index in [9.17, 15) is 4.79 Å². The molecule has 3 rings (SSSR count). The Bertz CT molecular complexity index is 674. The summed E-state index contributed by atoms with van der Waals surface area (Å²) in [6.45, 7) is 2.98. The van der Waals surface area contributed by atoms with E-state index in [0.717, 1.165) is 0 Å². The van der Waals surface area contributed by atoms with E-state index in [0.29, 0.717) is 47.9 Å². The minimum Gasteiger partial charge on any atom is -0.486 e. The van der Waals surface area contributed by atoms with Crippen molar-refractivity contribution in [1.82, 2.24) is 10.2 Å². The third kappa shape index (κ3) is 3.51. The molecule has 1 aliphatic rings. The van der Waals surface area contributed by atoms with Gasteiger partial charge in [-0.25, -0.2) is 0 Å². The molecule has 22 heavy (non-hydrogen) atoms. The highest BCUT2D eigenvalue weighted by Crippen LogP contribution is 2.32. The summed E-state index contributed by atoms with van der Waals surface area (Å²) in [7, 11) is 0. The molecule has 2 heterocycles. The fraction of sp³-hybridized carbons (Fsp3) is 0.357. The standard InChI is InChI=1S/C14H15N3O4S/c1-2-13-16-17-14(21-13)22-8-12(18)15-9-3-4-10-11(7-9)20-6-5-19-10/h3-4,7H,2,5-6,8H2,1H3,(H,15,18). The fourth-order valence-corrected chi connectivity index (χ4v) is 2.47. The summed E-state index contributed by atoms with van der Waals surface area (Å²) in [6, 6.07) is 5.31. The van der Waals surface area contributed by atoms with Gasteiger partial charge in [0.15, 0.2) is 11.5 Å². The van der Waals surface area contributed by atoms with Crippen molar-refractivity contribution in [3.05, 3.63) is 24.1 Å². The Morgan fingerprint density at radius 3 is 2.86 bits per heavy atom. The van der Waals surface area contributed by atoms with Gasteiger partial charge in [-0.2, -0.15) is 0 Å². The van der Waals surface area contributed by atoms with Crippen molar-refractivity contribution in [3.63, 3.8) is 0 Å². The van der Waals surface area contributed by atoms with Crippen LogP contribution in [0.3, 0.4) is 0 Å². The van der Waals surface area contributed by atoms with Gasteiger partial charge in [0.25, 0.3) is 5.22 Å². The molecule has 1 amide bonds. The smallest absolute Gasteiger partial charge is 0.277 e. The molecule has 0 bridgehead atoms. The van der Waals surface area contributed by atoms with Crippen LogP contribution in [0.25, 0.3) is 0 Å². The van der Waals surface area contributed by atoms with E-state index in [1.807, 2.05) is 6.92 Å². The minimum atomic E-state index is -0.155. The number of carbonyl (C=O) groups is 1. The number of aryl methyl sites for hydroxylation is 1. The molecule has 1 aromatic heterocycles. The Labute approximate surface area is 131 Å². The monoisotopic (exact) mass is 321 g/mol. The number of rotatable bonds is 5. The average Bonchev–Trinajstić information content (AvgIpc) is 3.01. The number of anilines is 1. The first-order valence-corrected chi connectivity index (χ1v) is 7.88. The van der Waals surface area contributed by atoms with E-state index < -0.39 is 0 Å². The minimum absolute atomic E-state index is 0.155. The van der Waals surface area contributed by atoms with Crippen LogP contribution in [0.4, 0.5) is 5.69 Å². The second-order valence-electron chi connectivity index (χ2n) is 4.51. The van der Waals surface area contributed by atoms with Gasteiger partial charge < -0.3 is 19.2 Å². The number of thioether (sulfide) groups is 1. The van der Waals surface area contributed by atoms with Gasteiger partial charge >= 0.3 is 0 Å². The molecule has 1 aliphatic heterocycles. The lowest BCUT2D eigenvalue weighted by Gasteiger charge is -2.18. The summed E-state index contributed by atoms with van der Waals surface area (Å²) in [6.07, 6.45) is 0.678. The predicted molar refractivity (Wildman–Crippen MR) is 80.5 cm³/mol. The van der Waals surface area contributed by atoms with E-state index >= 15 is 0 Å². The Morgan fingerprint density at radius 1 is 1.27 bits per heavy atom. The normalized spacial score (nSPS) is 13.0. The molecule has 0 radical (unpaired) electrons. The van der Waals surface area contributed by atoms with Crippen molar-refractivity contribution in [1.29, 1.82) is 0 Å². The highest BCUT2D eigenvalue weighted by atomic mass is 32.2. The third-order valence-corrected chi connectivity index (χ3v) is 3.72. The van der Waals surface area contributed by atoms with E-state index in [4.69, 9.17) is 13.9 Å². The topological polar surface area (TPSA) is 86.5 Å². The number of ether oxygens (including phenoxy) is 2. The highest BCUT2D eigenvalue weighted by Gasteiger charge is 2.13. The first kappa shape index (κ1) is 14.7. The SMILES string of the molecule is CCc1nnc(SCC(=O)Nc2ccc3c(c2)OCCO3)o1. The zero-order chi connectivity index (χ0) is 15.4. The van der Waals surface area contributed by atoms with Crippen LogP contribution in [-0.2, 0) is 11.2 Å². The summed E-state index contributed by atoms with van der Waals surface area (Å²) in [5.74, 6) is 1.94. The molecule has 116 valence electrons. The lowest BCUT2D eigenvalue weighted by molar-refractivity contribution is -0.113. The van der Waals surface area contributed by atoms with Crippen molar-refractivity contribution in [2.75, 3.05) is 24.3 Å². The molecule has 0 spiro atoms. The first-order chi connectivity index (χ1) is 10.7. The fourth-order valence-electron chi connectivity index (χ4n) is 1.88. The Balaban J connectivity index is 1.55. The van der Waals surface area contributed by atoms with Gasteiger partial charge in [0.2, 0.25) is 11.8 Å². The zero-order valence-electron chi connectivity index (χ0n) is 12.0. The van der Waals surface area contributed by atoms with Crippen LogP contribution in [0.2, 0.25) is 0 Å². The quantitative estimate of drug-likeness (QED) is 0.844. The number of aromatic nitrogens is 2. The maximum Gasteiger partial charge on any atom is 0.277 e. The molecule has 0 aliphatic carbocycles. The van der Waals surface area contributed by atoms with Crippen molar-refractivity contribution in [3.8, 4) is 11.5 Å². The Hall–Kier alpha value is -2.22. The lowest BCUT2D eigenvalue weighted by Crippen LogP contribution is -2.17. The molecule has 0 saturated carbocycles. The van der Waals surface area contributed by atoms with E-state index in [2.05, 4.69) is 15.5 Å². The van der Waals surface area contributed by atoms with Gasteiger partial charge in [-0.05, 0) is 12.1 Å². The molecule has 7 nitrogen and oxygen atoms in total. The molecular weight excluding hydrogens is 306 g/mol. The Morgan fingerprint density at radius 2 is 2.09 bits per heavy atom. The summed E-state index contributed by atoms with van der Waals surface area (Å²) >= 11 is 1.20. The Kier molecular flexibility index (Phi) is 4.47. The van der Waals surface area contributed by atoms with Crippen molar-refractivity contribution >= 4 is 23.4 Å². The summed E-state index contributed by atoms with van der Waals surface area (Å²) in [5, 5.41) is 10.9. The number of carbonyl (C=O) groups excluding carboxylic acids is 1. The largest absolute Gasteiger partial charge is 0.486 e. The first-order valence-electron chi connectivity index (χ1n) is 6.89. The average molecular weight is 321 g/mol. The number of nitrogens with zero attached hydrogens (tertiary/aromatic N) is 2. The van der Waals surface area contributed by atoms with Crippen molar-refractivity contribution < 1.29 is 18.7 Å². The number of benzene rings is 1. The maximum absolute atomic E-state index is 11.9. The van der Waals surface area contributed by atoms with Gasteiger partial charge in [0, 0.05) is 18.2 Å². The van der Waals surface area contributed by atoms with Crippen LogP contribution in [0.1, 0.15) is 12.8 Å².